The Morgan fingerprint density at radius 2 is 0.544 bits per heavy atom. The van der Waals surface area contributed by atoms with Crippen molar-refractivity contribution >= 4 is 94.8 Å². The third kappa shape index (κ3) is 48.7. The van der Waals surface area contributed by atoms with Crippen LogP contribution in [0.4, 0.5) is 0 Å². The van der Waals surface area contributed by atoms with Crippen molar-refractivity contribution in [1.82, 2.24) is 19.6 Å². The summed E-state index contributed by atoms with van der Waals surface area (Å²) >= 11 is 6.99. The van der Waals surface area contributed by atoms with Crippen LogP contribution in [-0.4, -0.2) is 245 Å². The van der Waals surface area contributed by atoms with Gasteiger partial charge in [-0.25, -0.2) is 0 Å². The van der Waals surface area contributed by atoms with Crippen molar-refractivity contribution < 1.29 is 76.3 Å². The molecule has 4 atom stereocenters. The summed E-state index contributed by atoms with van der Waals surface area (Å²) in [5, 5.41) is 0. The van der Waals surface area contributed by atoms with Gasteiger partial charge in [-0.2, -0.15) is 47.0 Å². The molecule has 0 N–H and O–H groups in total. The number of nitrogens with zero attached hydrogens (tertiary/aromatic N) is 4. The van der Waals surface area contributed by atoms with E-state index in [9.17, 15) is 38.4 Å². The highest BCUT2D eigenvalue weighted by molar-refractivity contribution is 7.99. The molecule has 0 spiro atoms. The quantitative estimate of drug-likeness (QED) is 0.0314. The summed E-state index contributed by atoms with van der Waals surface area (Å²) in [5.41, 5.74) is 0. The Morgan fingerprint density at radius 3 is 0.767 bits per heavy atom. The summed E-state index contributed by atoms with van der Waals surface area (Å²) in [4.78, 5) is 110. The van der Waals surface area contributed by atoms with E-state index in [1.165, 1.54) is 25.7 Å². The van der Waals surface area contributed by atoms with Crippen LogP contribution in [0.25, 0.3) is 0 Å². The molecule has 0 saturated carbocycles. The number of hydrogen-bond acceptors (Lipinski definition) is 24. The molecule has 0 aliphatic carbocycles. The van der Waals surface area contributed by atoms with Gasteiger partial charge < -0.3 is 57.5 Å². The molecule has 0 amide bonds. The zero-order valence-electron chi connectivity index (χ0n) is 56.8. The van der Waals surface area contributed by atoms with Crippen molar-refractivity contribution in [2.45, 2.75) is 171 Å². The molecule has 24 heteroatoms. The molecule has 524 valence electrons. The minimum Gasteiger partial charge on any atom is -0.462 e. The van der Waals surface area contributed by atoms with Crippen LogP contribution in [0.3, 0.4) is 0 Å². The van der Waals surface area contributed by atoms with Crippen LogP contribution in [0.15, 0.2) is 0 Å². The average Bonchev–Trinajstić information content (AvgIpc) is 3.47. The SMILES string of the molecule is CCCCCSCC(C)C(=O)OCCOC(=O)CCN(CCCN1CCN(CCCN(CCC(=O)OCCOC(=O)C(C)CSCCCCC)CCC(=O)OCCOC(=O)C(C)CSCCCCC)CC1)CCC(=O)OCCOC(=O)C(C)CSCCCCC. The topological polar surface area (TPSA) is 223 Å². The molecule has 1 fully saturated rings. The smallest absolute Gasteiger partial charge is 0.309 e. The molecule has 1 rings (SSSR count). The van der Waals surface area contributed by atoms with Crippen molar-refractivity contribution in [3.8, 4) is 0 Å². The molecule has 20 nitrogen and oxygen atoms in total. The second-order valence-corrected chi connectivity index (χ2v) is 28.0. The van der Waals surface area contributed by atoms with Gasteiger partial charge in [-0.3, -0.25) is 38.4 Å². The number of piperazine rings is 1. The van der Waals surface area contributed by atoms with Gasteiger partial charge in [0.15, 0.2) is 0 Å². The molecular formula is C66H120N4O16S4. The molecule has 1 saturated heterocycles. The first kappa shape index (κ1) is 85.0. The van der Waals surface area contributed by atoms with E-state index >= 15 is 0 Å². The van der Waals surface area contributed by atoms with E-state index in [2.05, 4.69) is 47.3 Å². The third-order valence-corrected chi connectivity index (χ3v) is 20.2. The van der Waals surface area contributed by atoms with Crippen molar-refractivity contribution in [2.24, 2.45) is 23.7 Å². The maximum Gasteiger partial charge on any atom is 0.309 e. The summed E-state index contributed by atoms with van der Waals surface area (Å²) in [6.07, 6.45) is 15.8. The van der Waals surface area contributed by atoms with Crippen molar-refractivity contribution in [3.63, 3.8) is 0 Å². The van der Waals surface area contributed by atoms with Gasteiger partial charge >= 0.3 is 47.8 Å². The molecule has 1 aliphatic rings. The highest BCUT2D eigenvalue weighted by Crippen LogP contribution is 2.17. The Morgan fingerprint density at radius 1 is 0.322 bits per heavy atom. The van der Waals surface area contributed by atoms with Crippen LogP contribution >= 0.6 is 47.0 Å². The van der Waals surface area contributed by atoms with Crippen molar-refractivity contribution in [3.05, 3.63) is 0 Å². The third-order valence-electron chi connectivity index (χ3n) is 14.9. The standard InChI is InChI=1S/C66H120N4O16S4/c1-9-13-17-47-87-51-55(5)63(75)83-43-39-79-59(71)23-31-67(32-24-60(72)80-40-44-84-64(76)56(6)52-88-48-18-14-10-2)27-21-29-69-35-37-70(38-36-69)30-22-28-68(33-25-61(73)81-41-45-85-65(77)57(7)53-89-49-19-15-11-3)34-26-62(74)82-42-46-86-66(78)58(8)54-90-50-20-16-12-4/h55-58H,9-54H2,1-8H3. The fraction of sp³-hybridized carbons (Fsp3) is 0.879. The Hall–Kier alpha value is -3.00. The van der Waals surface area contributed by atoms with E-state index < -0.39 is 23.9 Å². The molecule has 0 aromatic heterocycles. The molecule has 1 aliphatic heterocycles. The molecule has 4 unspecified atom stereocenters. The molecule has 0 bridgehead atoms. The van der Waals surface area contributed by atoms with Gasteiger partial charge in [-0.15, -0.1) is 0 Å². The number of unbranched alkanes of at least 4 members (excludes halogenated alkanes) is 8. The van der Waals surface area contributed by atoms with Crippen LogP contribution in [0.5, 0.6) is 0 Å². The highest BCUT2D eigenvalue weighted by atomic mass is 32.2. The zero-order valence-corrected chi connectivity index (χ0v) is 60.1. The number of carbonyl (C=O) groups is 8. The first-order valence-electron chi connectivity index (χ1n) is 34.0. The predicted molar refractivity (Wildman–Crippen MR) is 365 cm³/mol. The predicted octanol–water partition coefficient (Wildman–Crippen LogP) is 10.1. The van der Waals surface area contributed by atoms with E-state index in [0.29, 0.717) is 62.3 Å². The second kappa shape index (κ2) is 58.6. The van der Waals surface area contributed by atoms with Gasteiger partial charge in [0.2, 0.25) is 0 Å². The van der Waals surface area contributed by atoms with Crippen molar-refractivity contribution in [1.29, 1.82) is 0 Å². The lowest BCUT2D eigenvalue weighted by atomic mass is 10.2. The van der Waals surface area contributed by atoms with E-state index in [1.807, 2.05) is 27.7 Å². The molecule has 90 heavy (non-hydrogen) atoms. The van der Waals surface area contributed by atoms with Gasteiger partial charge in [0.05, 0.1) is 49.4 Å². The summed E-state index contributed by atoms with van der Waals surface area (Å²) < 4.78 is 43.2. The number of ether oxygens (including phenoxy) is 8. The van der Waals surface area contributed by atoms with Gasteiger partial charge in [0.25, 0.3) is 0 Å². The summed E-state index contributed by atoms with van der Waals surface area (Å²) in [6.45, 7) is 23.7. The van der Waals surface area contributed by atoms with Gasteiger partial charge in [-0.05, 0) is 87.7 Å². The summed E-state index contributed by atoms with van der Waals surface area (Å²) in [5.74, 6) is 2.92. The van der Waals surface area contributed by atoms with Gasteiger partial charge in [-0.1, -0.05) is 107 Å². The molecule has 0 radical (unpaired) electrons. The van der Waals surface area contributed by atoms with Crippen LogP contribution in [0.1, 0.15) is 171 Å². The molecular weight excluding hydrogens is 1230 g/mol. The van der Waals surface area contributed by atoms with Crippen LogP contribution in [-0.2, 0) is 76.3 Å². The Balaban J connectivity index is 2.76. The van der Waals surface area contributed by atoms with Gasteiger partial charge in [0.1, 0.15) is 52.9 Å². The number of carbonyl (C=O) groups excluding carboxylic acids is 8. The second-order valence-electron chi connectivity index (χ2n) is 23.4. The monoisotopic (exact) mass is 1350 g/mol. The van der Waals surface area contributed by atoms with E-state index in [0.717, 1.165) is 126 Å². The average molecular weight is 1350 g/mol. The van der Waals surface area contributed by atoms with E-state index in [-0.39, 0.29) is 126 Å². The number of thioether (sulfide) groups is 4. The minimum absolute atomic E-state index is 0.0117. The Labute approximate surface area is 559 Å². The molecule has 0 aromatic carbocycles. The van der Waals surface area contributed by atoms with E-state index in [1.54, 1.807) is 47.0 Å². The number of hydrogen-bond donors (Lipinski definition) is 0. The maximum atomic E-state index is 12.9. The molecule has 0 aromatic rings. The normalized spacial score (nSPS) is 14.2. The number of esters is 8. The Kier molecular flexibility index (Phi) is 55.3. The fourth-order valence-corrected chi connectivity index (χ4v) is 13.4. The molecule has 1 heterocycles. The van der Waals surface area contributed by atoms with E-state index in [4.69, 9.17) is 37.9 Å². The largest absolute Gasteiger partial charge is 0.462 e. The minimum atomic E-state index is -0.420. The number of rotatable bonds is 60. The lowest BCUT2D eigenvalue weighted by Gasteiger charge is -2.35. The highest BCUT2D eigenvalue weighted by Gasteiger charge is 2.22. The fourth-order valence-electron chi connectivity index (χ4n) is 9.12. The van der Waals surface area contributed by atoms with Crippen LogP contribution in [0, 0.1) is 23.7 Å². The van der Waals surface area contributed by atoms with Crippen LogP contribution < -0.4 is 0 Å². The van der Waals surface area contributed by atoms with Crippen molar-refractivity contribution in [2.75, 3.05) is 177 Å². The van der Waals surface area contributed by atoms with Crippen LogP contribution in [0.2, 0.25) is 0 Å². The summed E-state index contributed by atoms with van der Waals surface area (Å²) in [6, 6.07) is 0. The van der Waals surface area contributed by atoms with Gasteiger partial charge in [0, 0.05) is 75.4 Å². The first-order chi connectivity index (χ1) is 43.5. The summed E-state index contributed by atoms with van der Waals surface area (Å²) in [7, 11) is 0. The lowest BCUT2D eigenvalue weighted by Crippen LogP contribution is -2.47. The maximum absolute atomic E-state index is 12.9. The zero-order chi connectivity index (χ0) is 66.2. The lowest BCUT2D eigenvalue weighted by molar-refractivity contribution is -0.154. The first-order valence-corrected chi connectivity index (χ1v) is 38.6. The Bertz CT molecular complexity index is 1650.